The third-order valence-corrected chi connectivity index (χ3v) is 4.79. The zero-order valence-electron chi connectivity index (χ0n) is 12.1. The van der Waals surface area contributed by atoms with Crippen molar-refractivity contribution in [2.45, 2.75) is 37.9 Å². The molecule has 1 saturated carbocycles. The number of aromatic nitrogens is 2. The molecule has 3 rings (SSSR count). The first kappa shape index (κ1) is 14.6. The predicted octanol–water partition coefficient (Wildman–Crippen LogP) is 3.54. The highest BCUT2D eigenvalue weighted by Gasteiger charge is 2.27. The average Bonchev–Trinajstić information content (AvgIpc) is 3.16. The summed E-state index contributed by atoms with van der Waals surface area (Å²) in [7, 11) is 1.69. The Labute approximate surface area is 133 Å². The normalized spacial score (nSPS) is 21.6. The summed E-state index contributed by atoms with van der Waals surface area (Å²) < 4.78 is 8.50. The average molecular weight is 350 g/mol. The minimum absolute atomic E-state index is 0.514. The van der Waals surface area contributed by atoms with E-state index >= 15 is 0 Å². The maximum absolute atomic E-state index is 5.27. The van der Waals surface area contributed by atoms with Crippen LogP contribution >= 0.6 is 15.9 Å². The van der Waals surface area contributed by atoms with Gasteiger partial charge in [0.1, 0.15) is 5.75 Å². The molecule has 2 aromatic rings. The molecule has 4 nitrogen and oxygen atoms in total. The molecule has 112 valence electrons. The fourth-order valence-corrected chi connectivity index (χ4v) is 3.66. The van der Waals surface area contributed by atoms with Gasteiger partial charge in [0, 0.05) is 31.0 Å². The summed E-state index contributed by atoms with van der Waals surface area (Å²) in [5.41, 5.74) is 1.26. The first-order valence-electron chi connectivity index (χ1n) is 7.31. The van der Waals surface area contributed by atoms with E-state index in [0.29, 0.717) is 12.1 Å². The fourth-order valence-electron chi connectivity index (χ4n) is 3.07. The Morgan fingerprint density at radius 3 is 3.05 bits per heavy atom. The summed E-state index contributed by atoms with van der Waals surface area (Å²) >= 11 is 3.54. The third-order valence-electron chi connectivity index (χ3n) is 4.17. The zero-order valence-corrected chi connectivity index (χ0v) is 13.7. The largest absolute Gasteiger partial charge is 0.496 e. The maximum Gasteiger partial charge on any atom is 0.133 e. The van der Waals surface area contributed by atoms with Crippen LogP contribution in [0, 0.1) is 0 Å². The van der Waals surface area contributed by atoms with Crippen molar-refractivity contribution in [2.24, 2.45) is 0 Å². The van der Waals surface area contributed by atoms with Crippen molar-refractivity contribution in [3.63, 3.8) is 0 Å². The lowest BCUT2D eigenvalue weighted by molar-refractivity contribution is 0.390. The van der Waals surface area contributed by atoms with E-state index in [2.05, 4.69) is 49.1 Å². The Bertz CT molecular complexity index is 585. The Kier molecular flexibility index (Phi) is 4.60. The van der Waals surface area contributed by atoms with Crippen molar-refractivity contribution in [1.29, 1.82) is 0 Å². The Hall–Kier alpha value is -1.33. The molecule has 0 amide bonds. The second kappa shape index (κ2) is 6.62. The van der Waals surface area contributed by atoms with Crippen LogP contribution in [0.1, 0.15) is 30.9 Å². The Morgan fingerprint density at radius 1 is 1.43 bits per heavy atom. The van der Waals surface area contributed by atoms with Gasteiger partial charge in [-0.1, -0.05) is 6.07 Å². The summed E-state index contributed by atoms with van der Waals surface area (Å²) in [6.45, 7) is 0.873. The van der Waals surface area contributed by atoms with Gasteiger partial charge in [-0.05, 0) is 52.9 Å². The molecule has 21 heavy (non-hydrogen) atoms. The molecule has 1 N–H and O–H groups in total. The van der Waals surface area contributed by atoms with Crippen LogP contribution in [0.2, 0.25) is 0 Å². The molecule has 0 radical (unpaired) electrons. The monoisotopic (exact) mass is 349 g/mol. The van der Waals surface area contributed by atoms with Gasteiger partial charge in [-0.2, -0.15) is 0 Å². The molecule has 1 aliphatic rings. The van der Waals surface area contributed by atoms with E-state index in [1.807, 2.05) is 18.6 Å². The lowest BCUT2D eigenvalue weighted by atomic mass is 10.1. The van der Waals surface area contributed by atoms with Gasteiger partial charge in [0.05, 0.1) is 17.9 Å². The molecule has 1 heterocycles. The smallest absolute Gasteiger partial charge is 0.133 e. The molecule has 1 aliphatic carbocycles. The topological polar surface area (TPSA) is 39.1 Å². The minimum atomic E-state index is 0.514. The zero-order chi connectivity index (χ0) is 14.7. The van der Waals surface area contributed by atoms with Crippen molar-refractivity contribution < 1.29 is 4.74 Å². The summed E-state index contributed by atoms with van der Waals surface area (Å²) in [6.07, 6.45) is 9.56. The number of nitrogens with one attached hydrogen (secondary N) is 1. The number of rotatable bonds is 5. The molecular weight excluding hydrogens is 330 g/mol. The van der Waals surface area contributed by atoms with Gasteiger partial charge >= 0.3 is 0 Å². The van der Waals surface area contributed by atoms with Crippen LogP contribution in [-0.4, -0.2) is 22.7 Å². The molecule has 1 aromatic heterocycles. The molecule has 2 atom stereocenters. The van der Waals surface area contributed by atoms with Crippen LogP contribution in [0.4, 0.5) is 0 Å². The van der Waals surface area contributed by atoms with Crippen molar-refractivity contribution in [3.8, 4) is 5.75 Å². The highest BCUT2D eigenvalue weighted by molar-refractivity contribution is 9.10. The number of hydrogen-bond acceptors (Lipinski definition) is 3. The van der Waals surface area contributed by atoms with Crippen molar-refractivity contribution in [3.05, 3.63) is 47.0 Å². The number of ether oxygens (including phenoxy) is 1. The molecule has 0 bridgehead atoms. The molecule has 1 aromatic carbocycles. The molecule has 0 aliphatic heterocycles. The second-order valence-electron chi connectivity index (χ2n) is 5.46. The number of hydrogen-bond donors (Lipinski definition) is 1. The maximum atomic E-state index is 5.27. The van der Waals surface area contributed by atoms with Crippen LogP contribution < -0.4 is 10.1 Å². The number of halogens is 1. The summed E-state index contributed by atoms with van der Waals surface area (Å²) in [5, 5.41) is 3.69. The highest BCUT2D eigenvalue weighted by Crippen LogP contribution is 2.30. The summed E-state index contributed by atoms with van der Waals surface area (Å²) in [6, 6.07) is 7.27. The highest BCUT2D eigenvalue weighted by atomic mass is 79.9. The number of benzene rings is 1. The third kappa shape index (κ3) is 3.30. The Morgan fingerprint density at radius 2 is 2.33 bits per heavy atom. The van der Waals surface area contributed by atoms with E-state index in [-0.39, 0.29) is 0 Å². The van der Waals surface area contributed by atoms with E-state index in [9.17, 15) is 0 Å². The first-order chi connectivity index (χ1) is 10.3. The van der Waals surface area contributed by atoms with Gasteiger partial charge in [-0.15, -0.1) is 0 Å². The SMILES string of the molecule is COc1ccc(CNC2CCCC2n2ccnc2)cc1Br. The molecule has 1 fully saturated rings. The van der Waals surface area contributed by atoms with Gasteiger partial charge in [-0.25, -0.2) is 4.98 Å². The fraction of sp³-hybridized carbons (Fsp3) is 0.438. The molecular formula is C16H20BrN3O. The molecule has 0 spiro atoms. The van der Waals surface area contributed by atoms with Gasteiger partial charge < -0.3 is 14.6 Å². The number of methoxy groups -OCH3 is 1. The van der Waals surface area contributed by atoms with Crippen molar-refractivity contribution in [2.75, 3.05) is 7.11 Å². The minimum Gasteiger partial charge on any atom is -0.496 e. The van der Waals surface area contributed by atoms with E-state index in [1.165, 1.54) is 24.8 Å². The van der Waals surface area contributed by atoms with Crippen molar-refractivity contribution in [1.82, 2.24) is 14.9 Å². The van der Waals surface area contributed by atoms with Crippen LogP contribution in [0.25, 0.3) is 0 Å². The van der Waals surface area contributed by atoms with Crippen molar-refractivity contribution >= 4 is 15.9 Å². The van der Waals surface area contributed by atoms with E-state index in [0.717, 1.165) is 16.8 Å². The van der Waals surface area contributed by atoms with E-state index in [4.69, 9.17) is 4.74 Å². The first-order valence-corrected chi connectivity index (χ1v) is 8.10. The standard InChI is InChI=1S/C16H20BrN3O/c1-21-16-6-5-12(9-13(16)17)10-19-14-3-2-4-15(14)20-8-7-18-11-20/h5-9,11,14-15,19H,2-4,10H2,1H3. The van der Waals surface area contributed by atoms with Gasteiger partial charge in [0.25, 0.3) is 0 Å². The number of imidazole rings is 1. The van der Waals surface area contributed by atoms with Gasteiger partial charge in [0.2, 0.25) is 0 Å². The number of nitrogens with zero attached hydrogens (tertiary/aromatic N) is 2. The van der Waals surface area contributed by atoms with E-state index in [1.54, 1.807) is 7.11 Å². The molecule has 2 unspecified atom stereocenters. The van der Waals surface area contributed by atoms with E-state index < -0.39 is 0 Å². The van der Waals surface area contributed by atoms with Crippen LogP contribution in [0.5, 0.6) is 5.75 Å². The molecule has 0 saturated heterocycles. The lowest BCUT2D eigenvalue weighted by Gasteiger charge is -2.22. The van der Waals surface area contributed by atoms with Crippen LogP contribution in [0.3, 0.4) is 0 Å². The summed E-state index contributed by atoms with van der Waals surface area (Å²) in [5.74, 6) is 0.871. The summed E-state index contributed by atoms with van der Waals surface area (Å²) in [4.78, 5) is 4.17. The predicted molar refractivity (Wildman–Crippen MR) is 86.4 cm³/mol. The second-order valence-corrected chi connectivity index (χ2v) is 6.32. The molecule has 5 heteroatoms. The van der Waals surface area contributed by atoms with Gasteiger partial charge in [0.15, 0.2) is 0 Å². The van der Waals surface area contributed by atoms with Crippen LogP contribution in [0.15, 0.2) is 41.4 Å². The van der Waals surface area contributed by atoms with Gasteiger partial charge in [-0.3, -0.25) is 0 Å². The Balaban J connectivity index is 1.63. The lowest BCUT2D eigenvalue weighted by Crippen LogP contribution is -2.33. The van der Waals surface area contributed by atoms with Crippen LogP contribution in [-0.2, 0) is 6.54 Å². The quantitative estimate of drug-likeness (QED) is 0.897.